The van der Waals surface area contributed by atoms with Gasteiger partial charge in [-0.2, -0.15) is 0 Å². The summed E-state index contributed by atoms with van der Waals surface area (Å²) in [5, 5.41) is 29.6. The van der Waals surface area contributed by atoms with Gasteiger partial charge >= 0.3 is 49.7 Å². The average Bonchev–Trinajstić information content (AvgIpc) is 2.44. The summed E-state index contributed by atoms with van der Waals surface area (Å²) in [5.74, 6) is -2.73. The van der Waals surface area contributed by atoms with Crippen molar-refractivity contribution in [2.75, 3.05) is 19.8 Å². The summed E-state index contributed by atoms with van der Waals surface area (Å²) < 4.78 is 4.32. The van der Waals surface area contributed by atoms with Crippen LogP contribution in [0.2, 0.25) is 0 Å². The fourth-order valence-corrected chi connectivity index (χ4v) is 1.14. The number of aliphatic hydroxyl groups excluding tert-OH is 3. The molecule has 6 N–H and O–H groups in total. The molecule has 0 saturated carbocycles. The van der Waals surface area contributed by atoms with Crippen LogP contribution >= 0.6 is 0 Å². The Morgan fingerprint density at radius 3 is 2.32 bits per heavy atom. The number of hydrogen-bond donors (Lipinski definition) is 5. The molecule has 0 radical (unpaired) electrons. The molecule has 1 amide bonds. The van der Waals surface area contributed by atoms with Gasteiger partial charge in [0.1, 0.15) is 12.1 Å². The van der Waals surface area contributed by atoms with Gasteiger partial charge in [0.15, 0.2) is 0 Å². The Labute approximate surface area is 161 Å². The molecule has 0 aliphatic carbocycles. The number of nitrogens with one attached hydrogen (secondary N) is 1. The largest absolute Gasteiger partial charge is 2.00 e. The number of nitrogens with two attached hydrogens (primary N) is 1. The van der Waals surface area contributed by atoms with E-state index in [4.69, 9.17) is 15.9 Å². The Balaban J connectivity index is -0.000000667. The van der Waals surface area contributed by atoms with Crippen molar-refractivity contribution in [2.24, 2.45) is 11.1 Å². The van der Waals surface area contributed by atoms with Crippen LogP contribution in [0.1, 0.15) is 23.1 Å². The van der Waals surface area contributed by atoms with Gasteiger partial charge in [-0.3, -0.25) is 9.59 Å². The molecule has 22 heavy (non-hydrogen) atoms. The molecule has 0 unspecified atom stereocenters. The molecular formula is C12H24CaN2O7. The fraction of sp³-hybridized carbons (Fsp3) is 0.750. The van der Waals surface area contributed by atoms with Gasteiger partial charge < -0.3 is 34.0 Å². The zero-order valence-electron chi connectivity index (χ0n) is 14.7. The summed E-state index contributed by atoms with van der Waals surface area (Å²) >= 11 is 0. The van der Waals surface area contributed by atoms with Gasteiger partial charge in [-0.05, 0) is 0 Å². The van der Waals surface area contributed by atoms with Crippen LogP contribution < -0.4 is 11.1 Å². The van der Waals surface area contributed by atoms with Crippen molar-refractivity contribution < 1.29 is 37.3 Å². The monoisotopic (exact) mass is 348 g/mol. The molecule has 0 aliphatic heterocycles. The molecule has 0 aliphatic rings. The van der Waals surface area contributed by atoms with Crippen LogP contribution in [0.5, 0.6) is 0 Å². The van der Waals surface area contributed by atoms with Crippen molar-refractivity contribution >= 4 is 55.6 Å². The summed E-state index contributed by atoms with van der Waals surface area (Å²) in [6.45, 7) is 1.81. The van der Waals surface area contributed by atoms with E-state index in [0.717, 1.165) is 0 Å². The van der Waals surface area contributed by atoms with Gasteiger partial charge in [-0.15, -0.1) is 0 Å². The zero-order chi connectivity index (χ0) is 16.6. The number of amides is 1. The molecule has 0 saturated heterocycles. The number of aliphatic hydroxyl groups is 3. The van der Waals surface area contributed by atoms with Crippen molar-refractivity contribution in [2.45, 2.75) is 32.4 Å². The van der Waals surface area contributed by atoms with Crippen molar-refractivity contribution in [1.82, 2.24) is 5.32 Å². The van der Waals surface area contributed by atoms with Gasteiger partial charge in [0.25, 0.3) is 0 Å². The summed E-state index contributed by atoms with van der Waals surface area (Å²) in [7, 11) is 0. The van der Waals surface area contributed by atoms with E-state index in [2.05, 4.69) is 10.1 Å². The Bertz CT molecular complexity index is 400. The Morgan fingerprint density at radius 1 is 1.32 bits per heavy atom. The van der Waals surface area contributed by atoms with Crippen LogP contribution in [-0.2, 0) is 19.1 Å². The van der Waals surface area contributed by atoms with Crippen LogP contribution in [-0.4, -0.2) is 103 Å². The zero-order valence-corrected chi connectivity index (χ0v) is 15.0. The molecule has 0 aromatic rings. The van der Waals surface area contributed by atoms with E-state index >= 15 is 0 Å². The van der Waals surface area contributed by atoms with Crippen molar-refractivity contribution in [1.29, 1.82) is 0 Å². The molecule has 0 bridgehead atoms. The van der Waals surface area contributed by atoms with Crippen molar-refractivity contribution in [3.63, 3.8) is 0 Å². The first kappa shape index (κ1) is 24.0. The quantitative estimate of drug-likeness (QED) is 0.177. The topological polar surface area (TPSA) is 159 Å². The number of rotatable bonds is 8. The number of hydrogen-bond acceptors (Lipinski definition) is 8. The molecule has 2 atom stereocenters. The Morgan fingerprint density at radius 2 is 1.86 bits per heavy atom. The maximum atomic E-state index is 11.6. The van der Waals surface area contributed by atoms with E-state index in [1.165, 1.54) is 13.8 Å². The van der Waals surface area contributed by atoms with Crippen LogP contribution in [0.3, 0.4) is 0 Å². The summed E-state index contributed by atoms with van der Waals surface area (Å²) in [6.07, 6.45) is -1.75. The maximum Gasteiger partial charge on any atom is 2.00 e. The molecule has 0 fully saturated rings. The first-order chi connectivity index (χ1) is 9.65. The molecule has 0 rings (SSSR count). The molecule has 9 nitrogen and oxygen atoms in total. The molecule has 10 heteroatoms. The number of ether oxygens (including phenoxy) is 1. The predicted octanol–water partition coefficient (Wildman–Crippen LogP) is -2.89. The molecule has 0 aromatic carbocycles. The van der Waals surface area contributed by atoms with E-state index in [1.54, 1.807) is 0 Å². The normalized spacial score (nSPS) is 13.5. The molecule has 0 spiro atoms. The first-order valence-electron chi connectivity index (χ1n) is 6.33. The summed E-state index contributed by atoms with van der Waals surface area (Å²) in [6, 6.07) is -1.30. The minimum Gasteiger partial charge on any atom is -1.00 e. The van der Waals surface area contributed by atoms with Gasteiger partial charge in [0, 0.05) is 12.0 Å². The molecule has 0 aromatic heterocycles. The molecule has 126 valence electrons. The van der Waals surface area contributed by atoms with Gasteiger partial charge in [-0.1, -0.05) is 13.8 Å². The fourth-order valence-electron chi connectivity index (χ4n) is 1.14. The Hall–Kier alpha value is -0.290. The SMILES string of the molecule is CC(C)(CO)[C@@H](O)C(=O)NCCC(=O)OC(=O)[C@@H](N)CO.[Ca+2].[H-].[H-]. The third-order valence-electron chi connectivity index (χ3n) is 2.74. The minimum atomic E-state index is -1.44. The average molecular weight is 348 g/mol. The van der Waals surface area contributed by atoms with E-state index in [-0.39, 0.29) is 53.6 Å². The number of esters is 2. The molecular weight excluding hydrogens is 324 g/mol. The van der Waals surface area contributed by atoms with E-state index in [1.807, 2.05) is 0 Å². The summed E-state index contributed by atoms with van der Waals surface area (Å²) in [5.41, 5.74) is 4.12. The minimum absolute atomic E-state index is 0. The van der Waals surface area contributed by atoms with Crippen LogP contribution in [0.4, 0.5) is 0 Å². The standard InChI is InChI=1S/C12H22N2O7.Ca.2H/c1-12(2,6-16)9(18)10(19)14-4-3-8(17)21-11(20)7(13)5-15;;;/h7,9,15-16,18H,3-6,13H2,1-2H3,(H,14,19);;;/q;+2;2*-1/t7-,9-;;;/m0.../s1. The third kappa shape index (κ3) is 8.37. The third-order valence-corrected chi connectivity index (χ3v) is 2.74. The second-order valence-corrected chi connectivity index (χ2v) is 5.17. The van der Waals surface area contributed by atoms with Crippen molar-refractivity contribution in [3.05, 3.63) is 0 Å². The van der Waals surface area contributed by atoms with E-state index in [9.17, 15) is 19.5 Å². The first-order valence-corrected chi connectivity index (χ1v) is 6.33. The van der Waals surface area contributed by atoms with Gasteiger partial charge in [0.05, 0.1) is 19.6 Å². The second kappa shape index (κ2) is 11.3. The number of carbonyl (C=O) groups excluding carboxylic acids is 3. The number of carbonyl (C=O) groups is 3. The van der Waals surface area contributed by atoms with E-state index in [0.29, 0.717) is 0 Å². The van der Waals surface area contributed by atoms with Gasteiger partial charge in [0.2, 0.25) is 5.91 Å². The van der Waals surface area contributed by atoms with Crippen LogP contribution in [0.25, 0.3) is 0 Å². The molecule has 0 heterocycles. The predicted molar refractivity (Wildman–Crippen MR) is 78.6 cm³/mol. The van der Waals surface area contributed by atoms with Crippen molar-refractivity contribution in [3.8, 4) is 0 Å². The van der Waals surface area contributed by atoms with Gasteiger partial charge in [-0.25, -0.2) is 4.79 Å². The van der Waals surface area contributed by atoms with Crippen LogP contribution in [0, 0.1) is 5.41 Å². The van der Waals surface area contributed by atoms with Crippen LogP contribution in [0.15, 0.2) is 0 Å². The Kier molecular flexibility index (Phi) is 12.3. The second-order valence-electron chi connectivity index (χ2n) is 5.17. The maximum absolute atomic E-state index is 11.6. The summed E-state index contributed by atoms with van der Waals surface area (Å²) in [4.78, 5) is 33.9. The smallest absolute Gasteiger partial charge is 1.00 e. The van der Waals surface area contributed by atoms with E-state index < -0.39 is 48.6 Å².